The third-order valence-corrected chi connectivity index (χ3v) is 2.72. The third-order valence-electron chi connectivity index (χ3n) is 2.39. The number of carbonyl (C=O) groups excluding carboxylic acids is 1. The summed E-state index contributed by atoms with van der Waals surface area (Å²) >= 11 is 5.82. The highest BCUT2D eigenvalue weighted by Crippen LogP contribution is 2.16. The number of nitrogens with one attached hydrogen (secondary N) is 2. The van der Waals surface area contributed by atoms with Gasteiger partial charge in [0, 0.05) is 11.3 Å². The van der Waals surface area contributed by atoms with Crippen LogP contribution in [0.1, 0.15) is 5.56 Å². The number of hydrogen-bond acceptors (Lipinski definition) is 2. The molecule has 0 aliphatic rings. The second-order valence-corrected chi connectivity index (χ2v) is 4.23. The van der Waals surface area contributed by atoms with Crippen molar-refractivity contribution in [3.05, 3.63) is 64.9 Å². The Bertz CT molecular complexity index is 611. The van der Waals surface area contributed by atoms with Gasteiger partial charge in [0.1, 0.15) is 5.82 Å². The van der Waals surface area contributed by atoms with Crippen molar-refractivity contribution in [1.29, 1.82) is 0 Å². The van der Waals surface area contributed by atoms with Crippen LogP contribution < -0.4 is 10.7 Å². The van der Waals surface area contributed by atoms with E-state index in [9.17, 15) is 9.18 Å². The molecule has 0 saturated heterocycles. The third kappa shape index (κ3) is 3.80. The van der Waals surface area contributed by atoms with E-state index >= 15 is 0 Å². The molecule has 2 aromatic rings. The molecule has 2 rings (SSSR count). The summed E-state index contributed by atoms with van der Waals surface area (Å²) in [6, 6.07) is 12.6. The minimum atomic E-state index is -0.528. The van der Waals surface area contributed by atoms with E-state index in [4.69, 9.17) is 11.6 Å². The highest BCUT2D eigenvalue weighted by molar-refractivity contribution is 6.33. The van der Waals surface area contributed by atoms with Crippen LogP contribution in [0.2, 0.25) is 5.02 Å². The standard InChI is InChI=1S/C14H11ClFN3O/c15-12-7-4-8-13(16)11(12)9-17-19-14(20)18-10-5-2-1-3-6-10/h1-9H,(H2,18,19,20)/b17-9+. The molecule has 2 amide bonds. The van der Waals surface area contributed by atoms with Gasteiger partial charge in [-0.2, -0.15) is 5.10 Å². The summed E-state index contributed by atoms with van der Waals surface area (Å²) in [6.07, 6.45) is 1.15. The molecule has 0 radical (unpaired) electrons. The van der Waals surface area contributed by atoms with Crippen LogP contribution in [0.5, 0.6) is 0 Å². The molecular formula is C14H11ClFN3O. The maximum atomic E-state index is 13.4. The lowest BCUT2D eigenvalue weighted by molar-refractivity contribution is 0.252. The fourth-order valence-corrected chi connectivity index (χ4v) is 1.68. The van der Waals surface area contributed by atoms with Crippen LogP contribution in [0.15, 0.2) is 53.6 Å². The quantitative estimate of drug-likeness (QED) is 0.658. The molecule has 0 bridgehead atoms. The van der Waals surface area contributed by atoms with Gasteiger partial charge in [0.05, 0.1) is 11.2 Å². The first-order valence-corrected chi connectivity index (χ1v) is 6.14. The van der Waals surface area contributed by atoms with Gasteiger partial charge in [0.25, 0.3) is 0 Å². The fraction of sp³-hybridized carbons (Fsp3) is 0. The summed E-state index contributed by atoms with van der Waals surface area (Å²) in [5, 5.41) is 6.44. The summed E-state index contributed by atoms with van der Waals surface area (Å²) in [4.78, 5) is 11.5. The first-order valence-electron chi connectivity index (χ1n) is 5.76. The molecule has 0 unspecified atom stereocenters. The van der Waals surface area contributed by atoms with Crippen molar-refractivity contribution in [1.82, 2.24) is 5.43 Å². The van der Waals surface area contributed by atoms with Gasteiger partial charge in [0.15, 0.2) is 0 Å². The minimum absolute atomic E-state index is 0.120. The van der Waals surface area contributed by atoms with E-state index in [1.54, 1.807) is 24.3 Å². The number of rotatable bonds is 3. The number of para-hydroxylation sites is 1. The molecule has 20 heavy (non-hydrogen) atoms. The highest BCUT2D eigenvalue weighted by Gasteiger charge is 2.04. The highest BCUT2D eigenvalue weighted by atomic mass is 35.5. The molecule has 0 spiro atoms. The Kier molecular flexibility index (Phi) is 4.68. The lowest BCUT2D eigenvalue weighted by atomic mass is 10.2. The number of benzene rings is 2. The van der Waals surface area contributed by atoms with Crippen molar-refractivity contribution in [2.45, 2.75) is 0 Å². The molecule has 2 N–H and O–H groups in total. The Balaban J connectivity index is 1.95. The molecule has 0 aromatic heterocycles. The molecule has 0 saturated carbocycles. The van der Waals surface area contributed by atoms with E-state index in [2.05, 4.69) is 15.8 Å². The number of hydrazone groups is 1. The molecular weight excluding hydrogens is 281 g/mol. The van der Waals surface area contributed by atoms with Crippen LogP contribution >= 0.6 is 11.6 Å². The lowest BCUT2D eigenvalue weighted by Crippen LogP contribution is -2.24. The molecule has 0 aliphatic carbocycles. The number of anilines is 1. The van der Waals surface area contributed by atoms with E-state index in [-0.39, 0.29) is 10.6 Å². The number of nitrogens with zero attached hydrogens (tertiary/aromatic N) is 1. The van der Waals surface area contributed by atoms with Gasteiger partial charge < -0.3 is 5.32 Å². The second-order valence-electron chi connectivity index (χ2n) is 3.83. The van der Waals surface area contributed by atoms with E-state index in [1.807, 2.05) is 6.07 Å². The van der Waals surface area contributed by atoms with Crippen LogP contribution in [0.4, 0.5) is 14.9 Å². The first kappa shape index (κ1) is 14.0. The van der Waals surface area contributed by atoms with E-state index in [1.165, 1.54) is 18.2 Å². The zero-order valence-electron chi connectivity index (χ0n) is 10.3. The number of amides is 2. The van der Waals surface area contributed by atoms with Gasteiger partial charge in [-0.25, -0.2) is 14.6 Å². The van der Waals surface area contributed by atoms with Crippen molar-refractivity contribution in [2.24, 2.45) is 5.10 Å². The molecule has 4 nitrogen and oxygen atoms in total. The van der Waals surface area contributed by atoms with Gasteiger partial charge in [-0.15, -0.1) is 0 Å². The van der Waals surface area contributed by atoms with Gasteiger partial charge in [-0.3, -0.25) is 0 Å². The lowest BCUT2D eigenvalue weighted by Gasteiger charge is -2.03. The predicted octanol–water partition coefficient (Wildman–Crippen LogP) is 3.63. The number of halogens is 2. The Labute approximate surface area is 120 Å². The summed E-state index contributed by atoms with van der Waals surface area (Å²) in [6.45, 7) is 0. The Morgan fingerprint density at radius 2 is 1.90 bits per heavy atom. The van der Waals surface area contributed by atoms with Crippen LogP contribution in [-0.2, 0) is 0 Å². The topological polar surface area (TPSA) is 53.5 Å². The van der Waals surface area contributed by atoms with Crippen molar-refractivity contribution in [3.8, 4) is 0 Å². The maximum Gasteiger partial charge on any atom is 0.339 e. The van der Waals surface area contributed by atoms with Crippen LogP contribution in [0, 0.1) is 5.82 Å². The van der Waals surface area contributed by atoms with Crippen molar-refractivity contribution < 1.29 is 9.18 Å². The van der Waals surface area contributed by atoms with Crippen LogP contribution in [-0.4, -0.2) is 12.2 Å². The molecule has 6 heteroatoms. The smallest absolute Gasteiger partial charge is 0.307 e. The number of hydrogen-bond donors (Lipinski definition) is 2. The minimum Gasteiger partial charge on any atom is -0.307 e. The monoisotopic (exact) mass is 291 g/mol. The van der Waals surface area contributed by atoms with E-state index < -0.39 is 11.8 Å². The second kappa shape index (κ2) is 6.68. The SMILES string of the molecule is O=C(N/N=C/c1c(F)cccc1Cl)Nc1ccccc1. The number of carbonyl (C=O) groups is 1. The summed E-state index contributed by atoms with van der Waals surface area (Å²) < 4.78 is 13.4. The summed E-state index contributed by atoms with van der Waals surface area (Å²) in [7, 11) is 0. The Hall–Kier alpha value is -2.40. The first-order chi connectivity index (χ1) is 9.66. The van der Waals surface area contributed by atoms with Gasteiger partial charge >= 0.3 is 6.03 Å². The van der Waals surface area contributed by atoms with Crippen molar-refractivity contribution >= 4 is 29.5 Å². The van der Waals surface area contributed by atoms with Crippen molar-refractivity contribution in [3.63, 3.8) is 0 Å². The fourth-order valence-electron chi connectivity index (χ4n) is 1.47. The van der Waals surface area contributed by atoms with E-state index in [0.29, 0.717) is 5.69 Å². The summed E-state index contributed by atoms with van der Waals surface area (Å²) in [5.74, 6) is -0.508. The zero-order chi connectivity index (χ0) is 14.4. The predicted molar refractivity (Wildman–Crippen MR) is 77.6 cm³/mol. The van der Waals surface area contributed by atoms with Gasteiger partial charge in [-0.05, 0) is 24.3 Å². The normalized spacial score (nSPS) is 10.5. The molecule has 0 fully saturated rings. The largest absolute Gasteiger partial charge is 0.339 e. The maximum absolute atomic E-state index is 13.4. The Morgan fingerprint density at radius 3 is 2.60 bits per heavy atom. The average molecular weight is 292 g/mol. The van der Waals surface area contributed by atoms with E-state index in [0.717, 1.165) is 6.21 Å². The molecule has 0 atom stereocenters. The van der Waals surface area contributed by atoms with Crippen LogP contribution in [0.3, 0.4) is 0 Å². The van der Waals surface area contributed by atoms with Crippen molar-refractivity contribution in [2.75, 3.05) is 5.32 Å². The Morgan fingerprint density at radius 1 is 1.15 bits per heavy atom. The summed E-state index contributed by atoms with van der Waals surface area (Å²) in [5.41, 5.74) is 2.98. The molecule has 102 valence electrons. The van der Waals surface area contributed by atoms with Gasteiger partial charge in [-0.1, -0.05) is 35.9 Å². The molecule has 0 heterocycles. The number of urea groups is 1. The van der Waals surface area contributed by atoms with Crippen LogP contribution in [0.25, 0.3) is 0 Å². The molecule has 2 aromatic carbocycles. The average Bonchev–Trinajstić information content (AvgIpc) is 2.43. The van der Waals surface area contributed by atoms with Gasteiger partial charge in [0.2, 0.25) is 0 Å². The molecule has 0 aliphatic heterocycles. The zero-order valence-corrected chi connectivity index (χ0v) is 11.1.